The van der Waals surface area contributed by atoms with E-state index in [1.54, 1.807) is 6.20 Å². The molecule has 0 spiro atoms. The maximum Gasteiger partial charge on any atom is 0.172 e. The van der Waals surface area contributed by atoms with Crippen LogP contribution in [-0.2, 0) is 6.54 Å². The number of oxime groups is 1. The number of benzene rings is 1. The summed E-state index contributed by atoms with van der Waals surface area (Å²) in [6, 6.07) is 7.62. The summed E-state index contributed by atoms with van der Waals surface area (Å²) in [4.78, 5) is 6.12. The first-order valence-corrected chi connectivity index (χ1v) is 6.46. The summed E-state index contributed by atoms with van der Waals surface area (Å²) in [7, 11) is 2.00. The van der Waals surface area contributed by atoms with Crippen LogP contribution in [0, 0.1) is 0 Å². The van der Waals surface area contributed by atoms with Crippen LogP contribution in [0.3, 0.4) is 0 Å². The minimum Gasteiger partial charge on any atom is -0.409 e. The van der Waals surface area contributed by atoms with Crippen LogP contribution in [0.25, 0.3) is 0 Å². The molecular weight excluding hydrogens is 254 g/mol. The van der Waals surface area contributed by atoms with Crippen LogP contribution in [0.5, 0.6) is 0 Å². The Balaban J connectivity index is 2.00. The van der Waals surface area contributed by atoms with Crippen molar-refractivity contribution in [3.05, 3.63) is 48.5 Å². The molecule has 6 nitrogen and oxygen atoms in total. The maximum atomic E-state index is 8.83. The number of aryl methyl sites for hydroxylation is 1. The molecule has 0 bridgehead atoms. The summed E-state index contributed by atoms with van der Waals surface area (Å²) >= 11 is 0. The Morgan fingerprint density at radius 1 is 1.45 bits per heavy atom. The SMILES string of the molecule is CN(CCCn1ccnc1)c1ccccc1/C(N)=N/O. The molecule has 2 aromatic rings. The number of nitrogens with two attached hydrogens (primary N) is 1. The molecule has 0 amide bonds. The zero-order valence-electron chi connectivity index (χ0n) is 11.5. The summed E-state index contributed by atoms with van der Waals surface area (Å²) in [5.74, 6) is 0.127. The first-order chi connectivity index (χ1) is 9.72. The Morgan fingerprint density at radius 3 is 2.95 bits per heavy atom. The number of nitrogens with zero attached hydrogens (tertiary/aromatic N) is 4. The molecule has 0 aliphatic heterocycles. The predicted molar refractivity (Wildman–Crippen MR) is 79.1 cm³/mol. The number of para-hydroxylation sites is 1. The lowest BCUT2D eigenvalue weighted by atomic mass is 10.1. The number of hydrogen-bond acceptors (Lipinski definition) is 4. The zero-order chi connectivity index (χ0) is 14.4. The number of anilines is 1. The van der Waals surface area contributed by atoms with Crippen LogP contribution in [0.1, 0.15) is 12.0 Å². The molecule has 0 aliphatic carbocycles. The van der Waals surface area contributed by atoms with Crippen molar-refractivity contribution < 1.29 is 5.21 Å². The largest absolute Gasteiger partial charge is 0.409 e. The lowest BCUT2D eigenvalue weighted by Crippen LogP contribution is -2.24. The monoisotopic (exact) mass is 273 g/mol. The van der Waals surface area contributed by atoms with Gasteiger partial charge in [0, 0.05) is 43.8 Å². The highest BCUT2D eigenvalue weighted by atomic mass is 16.4. The van der Waals surface area contributed by atoms with Gasteiger partial charge in [0.25, 0.3) is 0 Å². The van der Waals surface area contributed by atoms with Crippen LogP contribution < -0.4 is 10.6 Å². The molecule has 106 valence electrons. The van der Waals surface area contributed by atoms with Crippen LogP contribution in [0.4, 0.5) is 5.69 Å². The van der Waals surface area contributed by atoms with Gasteiger partial charge in [-0.05, 0) is 18.6 Å². The third kappa shape index (κ3) is 3.28. The number of imidazole rings is 1. The lowest BCUT2D eigenvalue weighted by Gasteiger charge is -2.22. The Labute approximate surface area is 118 Å². The molecule has 0 unspecified atom stereocenters. The summed E-state index contributed by atoms with van der Waals surface area (Å²) in [5, 5.41) is 11.9. The lowest BCUT2D eigenvalue weighted by molar-refractivity contribution is 0.318. The van der Waals surface area contributed by atoms with Crippen molar-refractivity contribution in [1.29, 1.82) is 0 Å². The van der Waals surface area contributed by atoms with Gasteiger partial charge in [-0.2, -0.15) is 0 Å². The molecule has 3 N–H and O–H groups in total. The number of hydrogen-bond donors (Lipinski definition) is 2. The average molecular weight is 273 g/mol. The van der Waals surface area contributed by atoms with Gasteiger partial charge in [0.05, 0.1) is 6.33 Å². The second-order valence-corrected chi connectivity index (χ2v) is 4.58. The van der Waals surface area contributed by atoms with E-state index in [-0.39, 0.29) is 5.84 Å². The van der Waals surface area contributed by atoms with Crippen LogP contribution in [0.2, 0.25) is 0 Å². The van der Waals surface area contributed by atoms with Crippen molar-refractivity contribution in [2.24, 2.45) is 10.9 Å². The highest BCUT2D eigenvalue weighted by Crippen LogP contribution is 2.19. The normalized spacial score (nSPS) is 11.6. The molecule has 2 rings (SSSR count). The Hall–Kier alpha value is -2.50. The number of rotatable bonds is 6. The fourth-order valence-electron chi connectivity index (χ4n) is 2.11. The van der Waals surface area contributed by atoms with Crippen molar-refractivity contribution in [2.45, 2.75) is 13.0 Å². The second kappa shape index (κ2) is 6.60. The molecule has 0 atom stereocenters. The molecule has 0 aliphatic rings. The van der Waals surface area contributed by atoms with Gasteiger partial charge < -0.3 is 20.4 Å². The van der Waals surface area contributed by atoms with Crippen molar-refractivity contribution in [3.8, 4) is 0 Å². The van der Waals surface area contributed by atoms with Gasteiger partial charge in [0.2, 0.25) is 0 Å². The summed E-state index contributed by atoms with van der Waals surface area (Å²) < 4.78 is 2.04. The van der Waals surface area contributed by atoms with E-state index >= 15 is 0 Å². The molecule has 1 aromatic heterocycles. The van der Waals surface area contributed by atoms with Gasteiger partial charge in [-0.3, -0.25) is 0 Å². The van der Waals surface area contributed by atoms with E-state index in [9.17, 15) is 0 Å². The average Bonchev–Trinajstić information content (AvgIpc) is 2.99. The standard InChI is InChI=1S/C14H19N5O/c1-18(8-4-9-19-10-7-16-11-19)13-6-3-2-5-12(13)14(15)17-20/h2-3,5-7,10-11,20H,4,8-9H2,1H3,(H2,15,17). The van der Waals surface area contributed by atoms with Gasteiger partial charge in [-0.25, -0.2) is 4.98 Å². The minimum absolute atomic E-state index is 0.127. The van der Waals surface area contributed by atoms with Crippen LogP contribution >= 0.6 is 0 Å². The molecular formula is C14H19N5O. The molecule has 0 radical (unpaired) electrons. The van der Waals surface area contributed by atoms with E-state index in [0.717, 1.165) is 30.8 Å². The molecule has 0 saturated heterocycles. The number of aromatic nitrogens is 2. The van der Waals surface area contributed by atoms with E-state index < -0.39 is 0 Å². The quantitative estimate of drug-likeness (QED) is 0.362. The topological polar surface area (TPSA) is 79.7 Å². The Kier molecular flexibility index (Phi) is 4.60. The summed E-state index contributed by atoms with van der Waals surface area (Å²) in [6.07, 6.45) is 6.52. The second-order valence-electron chi connectivity index (χ2n) is 4.58. The van der Waals surface area contributed by atoms with E-state index in [1.165, 1.54) is 0 Å². The molecule has 1 heterocycles. The third-order valence-corrected chi connectivity index (χ3v) is 3.17. The van der Waals surface area contributed by atoms with Gasteiger partial charge in [-0.1, -0.05) is 17.3 Å². The fraction of sp³-hybridized carbons (Fsp3) is 0.286. The van der Waals surface area contributed by atoms with Gasteiger partial charge in [0.15, 0.2) is 5.84 Å². The molecule has 1 aromatic carbocycles. The highest BCUT2D eigenvalue weighted by Gasteiger charge is 2.10. The van der Waals surface area contributed by atoms with Gasteiger partial charge in [0.1, 0.15) is 0 Å². The van der Waals surface area contributed by atoms with Gasteiger partial charge >= 0.3 is 0 Å². The van der Waals surface area contributed by atoms with Crippen LogP contribution in [-0.4, -0.2) is 34.2 Å². The van der Waals surface area contributed by atoms with E-state index in [1.807, 2.05) is 48.4 Å². The van der Waals surface area contributed by atoms with Crippen molar-refractivity contribution in [1.82, 2.24) is 9.55 Å². The molecule has 20 heavy (non-hydrogen) atoms. The highest BCUT2D eigenvalue weighted by molar-refractivity contribution is 6.02. The first kappa shape index (κ1) is 13.9. The molecule has 6 heteroatoms. The first-order valence-electron chi connectivity index (χ1n) is 6.46. The summed E-state index contributed by atoms with van der Waals surface area (Å²) in [5.41, 5.74) is 7.39. The van der Waals surface area contributed by atoms with E-state index in [2.05, 4.69) is 15.0 Å². The van der Waals surface area contributed by atoms with Crippen molar-refractivity contribution >= 4 is 11.5 Å². The molecule has 0 fully saturated rings. The van der Waals surface area contributed by atoms with Gasteiger partial charge in [-0.15, -0.1) is 0 Å². The Morgan fingerprint density at radius 2 is 2.25 bits per heavy atom. The summed E-state index contributed by atoms with van der Waals surface area (Å²) in [6.45, 7) is 1.78. The third-order valence-electron chi connectivity index (χ3n) is 3.17. The van der Waals surface area contributed by atoms with Crippen molar-refractivity contribution in [3.63, 3.8) is 0 Å². The smallest absolute Gasteiger partial charge is 0.172 e. The number of amidine groups is 1. The molecule has 0 saturated carbocycles. The minimum atomic E-state index is 0.127. The fourth-order valence-corrected chi connectivity index (χ4v) is 2.11. The maximum absolute atomic E-state index is 8.83. The Bertz CT molecular complexity index is 565. The van der Waals surface area contributed by atoms with E-state index in [0.29, 0.717) is 0 Å². The zero-order valence-corrected chi connectivity index (χ0v) is 11.5. The van der Waals surface area contributed by atoms with Crippen molar-refractivity contribution in [2.75, 3.05) is 18.5 Å². The van der Waals surface area contributed by atoms with E-state index in [4.69, 9.17) is 10.9 Å². The predicted octanol–water partition coefficient (Wildman–Crippen LogP) is 1.50. The van der Waals surface area contributed by atoms with Crippen LogP contribution in [0.15, 0.2) is 48.1 Å².